The van der Waals surface area contributed by atoms with E-state index in [2.05, 4.69) is 10.6 Å². The van der Waals surface area contributed by atoms with E-state index in [1.165, 1.54) is 12.1 Å². The summed E-state index contributed by atoms with van der Waals surface area (Å²) >= 11 is 0. The fraction of sp³-hybridized carbons (Fsp3) is 0.542. The topological polar surface area (TPSA) is 256 Å². The lowest BCUT2D eigenvalue weighted by Gasteiger charge is -2.25. The van der Waals surface area contributed by atoms with Crippen molar-refractivity contribution >= 4 is 24.2 Å². The maximum atomic E-state index is 12.6. The Labute approximate surface area is 396 Å². The highest BCUT2D eigenvalue weighted by molar-refractivity contribution is 5.86. The van der Waals surface area contributed by atoms with Gasteiger partial charge in [-0.25, -0.2) is 0 Å². The molecular formula is C48H66N4O16. The Balaban J connectivity index is 1.11. The Kier molecular flexibility index (Phi) is 24.7. The molecule has 20 heteroatoms. The van der Waals surface area contributed by atoms with Crippen molar-refractivity contribution in [1.82, 2.24) is 10.6 Å². The molecule has 0 aromatic heterocycles. The molecule has 2 atom stereocenters. The molecule has 1 fully saturated rings. The largest absolute Gasteiger partial charge is 0.504 e. The van der Waals surface area contributed by atoms with E-state index < -0.39 is 38.2 Å². The maximum Gasteiger partial charge on any atom is 0.258 e. The van der Waals surface area contributed by atoms with E-state index in [0.717, 1.165) is 25.7 Å². The standard InChI is InChI=1S/C48H66N4O16/c53-31-37-11-12-38(32-54)48-47(37)67-33-43(55)49-13-15-59-17-19-61-21-23-63-25-27-65-41-9-3-5-35(45(41)57)29-51-39-7-1-2-8-40(39)52-30-36-6-4-10-42(46(36)58)66-28-26-64-24-22-62-20-18-60-16-14-50-44(56)34-68-48/h3-6,9-12,29-30,39-40,53-54,57-58H,1-2,7-8,13-28,31-34H2,(H,49,55)(H,50,56)/t39-,40-/m0/s1. The van der Waals surface area contributed by atoms with Gasteiger partial charge in [-0.3, -0.25) is 19.6 Å². The molecule has 0 radical (unpaired) electrons. The summed E-state index contributed by atoms with van der Waals surface area (Å²) in [6.45, 7) is 2.54. The first-order chi connectivity index (χ1) is 33.4. The zero-order valence-electron chi connectivity index (χ0n) is 38.5. The molecule has 6 N–H and O–H groups in total. The van der Waals surface area contributed by atoms with Crippen molar-refractivity contribution in [3.8, 4) is 34.5 Å². The Morgan fingerprint density at radius 2 is 0.853 bits per heavy atom. The van der Waals surface area contributed by atoms with E-state index >= 15 is 0 Å². The van der Waals surface area contributed by atoms with Crippen LogP contribution in [0.1, 0.15) is 47.9 Å². The van der Waals surface area contributed by atoms with Gasteiger partial charge in [-0.1, -0.05) is 37.1 Å². The predicted molar refractivity (Wildman–Crippen MR) is 249 cm³/mol. The summed E-state index contributed by atoms with van der Waals surface area (Å²) in [6.07, 6.45) is 7.01. The number of aliphatic hydroxyl groups is 2. The Bertz CT molecular complexity index is 1880. The maximum absolute atomic E-state index is 12.6. The number of rotatable bonds is 2. The third-order valence-corrected chi connectivity index (χ3v) is 10.5. The third kappa shape index (κ3) is 18.8. The zero-order valence-corrected chi connectivity index (χ0v) is 38.5. The van der Waals surface area contributed by atoms with Gasteiger partial charge in [0.2, 0.25) is 0 Å². The highest BCUT2D eigenvalue weighted by atomic mass is 16.6. The number of aromatic hydroxyl groups is 2. The fourth-order valence-electron chi connectivity index (χ4n) is 6.93. The third-order valence-electron chi connectivity index (χ3n) is 10.5. The molecule has 3 aromatic carbocycles. The first kappa shape index (κ1) is 53.4. The molecule has 1 heterocycles. The number of nitrogens with zero attached hydrogens (tertiary/aromatic N) is 2. The number of carbonyl (C=O) groups is 2. The summed E-state index contributed by atoms with van der Waals surface area (Å²) in [4.78, 5) is 34.8. The molecule has 2 amide bonds. The average Bonchev–Trinajstić information content (AvgIpc) is 3.35. The molecule has 0 saturated heterocycles. The molecule has 3 aromatic rings. The van der Waals surface area contributed by atoms with Crippen molar-refractivity contribution in [2.24, 2.45) is 9.98 Å². The summed E-state index contributed by atoms with van der Waals surface area (Å²) < 4.78 is 56.5. The lowest BCUT2D eigenvalue weighted by atomic mass is 9.91. The second kappa shape index (κ2) is 31.5. The van der Waals surface area contributed by atoms with E-state index in [4.69, 9.17) is 57.4 Å². The van der Waals surface area contributed by atoms with Crippen LogP contribution in [-0.4, -0.2) is 176 Å². The Morgan fingerprint density at radius 3 is 1.24 bits per heavy atom. The highest BCUT2D eigenvalue weighted by Gasteiger charge is 2.24. The number of phenols is 2. The van der Waals surface area contributed by atoms with Crippen molar-refractivity contribution in [2.75, 3.05) is 119 Å². The molecule has 4 bridgehead atoms. The normalized spacial score (nSPS) is 20.6. The summed E-state index contributed by atoms with van der Waals surface area (Å²) in [5, 5.41) is 47.2. The first-order valence-corrected chi connectivity index (χ1v) is 23.0. The number of nitrogens with one attached hydrogen (secondary N) is 2. The molecule has 374 valence electrons. The van der Waals surface area contributed by atoms with Crippen LogP contribution >= 0.6 is 0 Å². The van der Waals surface area contributed by atoms with Crippen LogP contribution in [0.2, 0.25) is 0 Å². The fourth-order valence-corrected chi connectivity index (χ4v) is 6.93. The van der Waals surface area contributed by atoms with Crippen molar-refractivity contribution < 1.29 is 77.4 Å². The predicted octanol–water partition coefficient (Wildman–Crippen LogP) is 2.49. The van der Waals surface area contributed by atoms with Crippen LogP contribution in [0.15, 0.2) is 58.5 Å². The van der Waals surface area contributed by atoms with Gasteiger partial charge >= 0.3 is 0 Å². The molecule has 2 aliphatic rings. The van der Waals surface area contributed by atoms with Gasteiger partial charge in [0.25, 0.3) is 11.8 Å². The number of hydrogen-bond donors (Lipinski definition) is 6. The summed E-state index contributed by atoms with van der Waals surface area (Å²) in [5.74, 6) is -0.281. The number of aliphatic imine (C=N–C) groups is 2. The molecule has 0 unspecified atom stereocenters. The van der Waals surface area contributed by atoms with Gasteiger partial charge in [0.05, 0.1) is 105 Å². The molecule has 1 aliphatic heterocycles. The Morgan fingerprint density at radius 1 is 0.485 bits per heavy atom. The minimum Gasteiger partial charge on any atom is -0.504 e. The van der Waals surface area contributed by atoms with E-state index in [0.29, 0.717) is 73.4 Å². The molecule has 20 nitrogen and oxygen atoms in total. The average molecular weight is 955 g/mol. The minimum atomic E-state index is -0.465. The van der Waals surface area contributed by atoms with Crippen molar-refractivity contribution in [3.05, 3.63) is 70.8 Å². The van der Waals surface area contributed by atoms with Crippen molar-refractivity contribution in [1.29, 1.82) is 0 Å². The Hall–Kier alpha value is -5.58. The van der Waals surface area contributed by atoms with Crippen molar-refractivity contribution in [3.63, 3.8) is 0 Å². The van der Waals surface area contributed by atoms with E-state index in [1.807, 2.05) is 0 Å². The van der Waals surface area contributed by atoms with Gasteiger partial charge in [0, 0.05) is 47.8 Å². The van der Waals surface area contributed by atoms with Crippen LogP contribution in [-0.2, 0) is 51.2 Å². The van der Waals surface area contributed by atoms with Crippen LogP contribution in [0.5, 0.6) is 34.5 Å². The number of benzene rings is 3. The highest BCUT2D eigenvalue weighted by Crippen LogP contribution is 2.36. The second-order valence-electron chi connectivity index (χ2n) is 15.4. The molecule has 68 heavy (non-hydrogen) atoms. The lowest BCUT2D eigenvalue weighted by molar-refractivity contribution is -0.124. The van der Waals surface area contributed by atoms with Gasteiger partial charge in [-0.15, -0.1) is 0 Å². The van der Waals surface area contributed by atoms with Crippen LogP contribution < -0.4 is 29.6 Å². The van der Waals surface area contributed by atoms with Gasteiger partial charge in [0.15, 0.2) is 47.7 Å². The number of carbonyl (C=O) groups excluding carboxylic acids is 2. The molecule has 5 rings (SSSR count). The summed E-state index contributed by atoms with van der Waals surface area (Å²) in [5.41, 5.74) is 1.64. The van der Waals surface area contributed by atoms with Gasteiger partial charge in [-0.05, 0) is 37.1 Å². The minimum absolute atomic E-state index is 0.0197. The van der Waals surface area contributed by atoms with Crippen LogP contribution in [0, 0.1) is 0 Å². The molecule has 1 saturated carbocycles. The molecular weight excluding hydrogens is 889 g/mol. The second-order valence-corrected chi connectivity index (χ2v) is 15.4. The van der Waals surface area contributed by atoms with E-state index in [1.54, 1.807) is 48.8 Å². The van der Waals surface area contributed by atoms with Gasteiger partial charge in [-0.2, -0.15) is 0 Å². The number of fused-ring (bicyclic) bond motifs is 6. The number of aliphatic hydroxyl groups excluding tert-OH is 2. The number of phenolic OH excluding ortho intramolecular Hbond substituents is 2. The van der Waals surface area contributed by atoms with Crippen LogP contribution in [0.25, 0.3) is 0 Å². The first-order valence-electron chi connectivity index (χ1n) is 23.0. The van der Waals surface area contributed by atoms with Crippen LogP contribution in [0.4, 0.5) is 0 Å². The van der Waals surface area contributed by atoms with Gasteiger partial charge < -0.3 is 78.4 Å². The van der Waals surface area contributed by atoms with Gasteiger partial charge in [0.1, 0.15) is 13.2 Å². The number of para-hydroxylation sites is 2. The smallest absolute Gasteiger partial charge is 0.258 e. The zero-order chi connectivity index (χ0) is 48.0. The molecule has 1 aliphatic carbocycles. The summed E-state index contributed by atoms with van der Waals surface area (Å²) in [7, 11) is 0. The lowest BCUT2D eigenvalue weighted by Crippen LogP contribution is -2.33. The van der Waals surface area contributed by atoms with E-state index in [9.17, 15) is 30.0 Å². The monoisotopic (exact) mass is 954 g/mol. The van der Waals surface area contributed by atoms with Crippen LogP contribution in [0.3, 0.4) is 0 Å². The quantitative estimate of drug-likeness (QED) is 0.216. The summed E-state index contributed by atoms with van der Waals surface area (Å²) in [6, 6.07) is 13.3. The van der Waals surface area contributed by atoms with Crippen molar-refractivity contribution in [2.45, 2.75) is 51.0 Å². The number of amides is 2. The number of hydrogen-bond acceptors (Lipinski definition) is 18. The SMILES string of the molecule is O=C1COc2c(CO)ccc(CO)c2OCC(=O)NCCOCCOCCOCCOc2cccc(c2O)C=N[C@H]2CCCC[C@@H]2N=Cc2cccc(c2O)OCCOCCOCCOCCN1. The number of ether oxygens (including phenoxy) is 10. The molecule has 0 spiro atoms. The van der Waals surface area contributed by atoms with E-state index in [-0.39, 0.29) is 101 Å².